The summed E-state index contributed by atoms with van der Waals surface area (Å²) in [5, 5.41) is 0. The molecule has 0 N–H and O–H groups in total. The Kier molecular flexibility index (Phi) is 3.87. The number of benzene rings is 1. The molecule has 0 heterocycles. The monoisotopic (exact) mass is 206 g/mol. The number of methoxy groups -OCH3 is 3. The second kappa shape index (κ2) is 5.16. The fourth-order valence-electron chi connectivity index (χ4n) is 1.35. The van der Waals surface area contributed by atoms with E-state index in [9.17, 15) is 0 Å². The number of hydrogen-bond donors (Lipinski definition) is 0. The van der Waals surface area contributed by atoms with Gasteiger partial charge in [-0.15, -0.1) is 12.3 Å². The SMILES string of the molecule is C#CCc1c(OC)cc(OC)cc1OC. The van der Waals surface area contributed by atoms with E-state index in [2.05, 4.69) is 5.92 Å². The predicted octanol–water partition coefficient (Wildman–Crippen LogP) is 1.89. The molecule has 3 nitrogen and oxygen atoms in total. The molecule has 1 rings (SSSR count). The fourth-order valence-corrected chi connectivity index (χ4v) is 1.35. The quantitative estimate of drug-likeness (QED) is 0.704. The van der Waals surface area contributed by atoms with Crippen LogP contribution < -0.4 is 14.2 Å². The summed E-state index contributed by atoms with van der Waals surface area (Å²) in [6, 6.07) is 3.57. The summed E-state index contributed by atoms with van der Waals surface area (Å²) in [7, 11) is 4.78. The predicted molar refractivity (Wildman–Crippen MR) is 58.6 cm³/mol. The van der Waals surface area contributed by atoms with E-state index >= 15 is 0 Å². The Bertz CT molecular complexity index is 352. The maximum absolute atomic E-state index is 5.29. The third kappa shape index (κ3) is 2.35. The molecule has 0 saturated heterocycles. The number of ether oxygens (including phenoxy) is 3. The number of rotatable bonds is 4. The summed E-state index contributed by atoms with van der Waals surface area (Å²) in [5.74, 6) is 4.62. The minimum absolute atomic E-state index is 0.469. The zero-order valence-corrected chi connectivity index (χ0v) is 9.16. The van der Waals surface area contributed by atoms with Crippen molar-refractivity contribution in [2.75, 3.05) is 21.3 Å². The van der Waals surface area contributed by atoms with Crippen molar-refractivity contribution in [2.24, 2.45) is 0 Å². The van der Waals surface area contributed by atoms with E-state index in [0.29, 0.717) is 23.7 Å². The van der Waals surface area contributed by atoms with E-state index in [-0.39, 0.29) is 0 Å². The van der Waals surface area contributed by atoms with Gasteiger partial charge in [0.2, 0.25) is 0 Å². The van der Waals surface area contributed by atoms with Gasteiger partial charge in [-0.25, -0.2) is 0 Å². The summed E-state index contributed by atoms with van der Waals surface area (Å²) >= 11 is 0. The topological polar surface area (TPSA) is 27.7 Å². The fraction of sp³-hybridized carbons (Fsp3) is 0.333. The lowest BCUT2D eigenvalue weighted by Gasteiger charge is -2.13. The van der Waals surface area contributed by atoms with Crippen LogP contribution in [0.3, 0.4) is 0 Å². The zero-order valence-electron chi connectivity index (χ0n) is 9.16. The molecule has 0 spiro atoms. The molecule has 0 atom stereocenters. The molecule has 1 aromatic carbocycles. The van der Waals surface area contributed by atoms with Crippen molar-refractivity contribution in [3.63, 3.8) is 0 Å². The summed E-state index contributed by atoms with van der Waals surface area (Å²) in [4.78, 5) is 0. The summed E-state index contributed by atoms with van der Waals surface area (Å²) in [5.41, 5.74) is 0.864. The van der Waals surface area contributed by atoms with Crippen molar-refractivity contribution < 1.29 is 14.2 Å². The highest BCUT2D eigenvalue weighted by Crippen LogP contribution is 2.34. The third-order valence-corrected chi connectivity index (χ3v) is 2.10. The Labute approximate surface area is 90.0 Å². The molecule has 0 fully saturated rings. The molecule has 1 aromatic rings. The van der Waals surface area contributed by atoms with Crippen LogP contribution in [0.25, 0.3) is 0 Å². The first kappa shape index (κ1) is 11.3. The Hall–Kier alpha value is -1.82. The minimum atomic E-state index is 0.469. The maximum atomic E-state index is 5.29. The van der Waals surface area contributed by atoms with Crippen molar-refractivity contribution in [3.8, 4) is 29.6 Å². The van der Waals surface area contributed by atoms with Crippen LogP contribution in [0.5, 0.6) is 17.2 Å². The van der Waals surface area contributed by atoms with Crippen LogP contribution in [-0.2, 0) is 6.42 Å². The van der Waals surface area contributed by atoms with Crippen LogP contribution in [0, 0.1) is 12.3 Å². The highest BCUT2D eigenvalue weighted by molar-refractivity contribution is 5.51. The summed E-state index contributed by atoms with van der Waals surface area (Å²) in [6.07, 6.45) is 5.75. The molecular weight excluding hydrogens is 192 g/mol. The van der Waals surface area contributed by atoms with Crippen LogP contribution in [0.2, 0.25) is 0 Å². The van der Waals surface area contributed by atoms with E-state index in [4.69, 9.17) is 20.6 Å². The lowest BCUT2D eigenvalue weighted by Crippen LogP contribution is -1.97. The van der Waals surface area contributed by atoms with Crippen LogP contribution in [0.4, 0.5) is 0 Å². The molecule has 15 heavy (non-hydrogen) atoms. The van der Waals surface area contributed by atoms with E-state index in [0.717, 1.165) is 5.56 Å². The maximum Gasteiger partial charge on any atom is 0.130 e. The van der Waals surface area contributed by atoms with Gasteiger partial charge in [-0.1, -0.05) is 0 Å². The molecule has 0 aromatic heterocycles. The van der Waals surface area contributed by atoms with Gasteiger partial charge in [0.15, 0.2) is 0 Å². The van der Waals surface area contributed by atoms with Gasteiger partial charge < -0.3 is 14.2 Å². The lowest BCUT2D eigenvalue weighted by atomic mass is 10.1. The van der Waals surface area contributed by atoms with Crippen molar-refractivity contribution >= 4 is 0 Å². The highest BCUT2D eigenvalue weighted by Gasteiger charge is 2.11. The third-order valence-electron chi connectivity index (χ3n) is 2.10. The molecule has 0 saturated carbocycles. The first-order valence-corrected chi connectivity index (χ1v) is 4.49. The largest absolute Gasteiger partial charge is 0.496 e. The molecule has 0 bridgehead atoms. The van der Waals surface area contributed by atoms with Crippen molar-refractivity contribution in [1.82, 2.24) is 0 Å². The molecular formula is C12H14O3. The van der Waals surface area contributed by atoms with E-state index in [1.54, 1.807) is 33.5 Å². The van der Waals surface area contributed by atoms with Gasteiger partial charge in [0.1, 0.15) is 17.2 Å². The Morgan fingerprint density at radius 3 is 1.93 bits per heavy atom. The van der Waals surface area contributed by atoms with Crippen molar-refractivity contribution in [2.45, 2.75) is 6.42 Å². The standard InChI is InChI=1S/C12H14O3/c1-5-6-10-11(14-3)7-9(13-2)8-12(10)15-4/h1,7-8H,6H2,2-4H3. The molecule has 80 valence electrons. The zero-order chi connectivity index (χ0) is 11.3. The molecule has 0 radical (unpaired) electrons. The Morgan fingerprint density at radius 2 is 1.60 bits per heavy atom. The highest BCUT2D eigenvalue weighted by atomic mass is 16.5. The lowest BCUT2D eigenvalue weighted by molar-refractivity contribution is 0.370. The molecule has 0 aliphatic heterocycles. The Balaban J connectivity index is 3.27. The molecule has 3 heteroatoms. The summed E-state index contributed by atoms with van der Waals surface area (Å²) < 4.78 is 15.6. The van der Waals surface area contributed by atoms with Crippen molar-refractivity contribution in [3.05, 3.63) is 17.7 Å². The van der Waals surface area contributed by atoms with Gasteiger partial charge in [0.05, 0.1) is 21.3 Å². The molecule has 0 unspecified atom stereocenters. The second-order valence-electron chi connectivity index (χ2n) is 2.89. The van der Waals surface area contributed by atoms with Gasteiger partial charge in [-0.05, 0) is 0 Å². The minimum Gasteiger partial charge on any atom is -0.496 e. The van der Waals surface area contributed by atoms with Gasteiger partial charge in [-0.2, -0.15) is 0 Å². The average molecular weight is 206 g/mol. The average Bonchev–Trinajstić information content (AvgIpc) is 2.29. The van der Waals surface area contributed by atoms with Crippen LogP contribution in [0.1, 0.15) is 5.56 Å². The van der Waals surface area contributed by atoms with Gasteiger partial charge in [0.25, 0.3) is 0 Å². The molecule has 0 aliphatic rings. The molecule has 0 amide bonds. The smallest absolute Gasteiger partial charge is 0.130 e. The van der Waals surface area contributed by atoms with Gasteiger partial charge in [-0.3, -0.25) is 0 Å². The van der Waals surface area contributed by atoms with Gasteiger partial charge in [0, 0.05) is 24.1 Å². The van der Waals surface area contributed by atoms with Crippen LogP contribution in [0.15, 0.2) is 12.1 Å². The number of hydrogen-bond acceptors (Lipinski definition) is 3. The Morgan fingerprint density at radius 1 is 1.07 bits per heavy atom. The molecule has 0 aliphatic carbocycles. The second-order valence-corrected chi connectivity index (χ2v) is 2.89. The normalized spacial score (nSPS) is 9.20. The first-order valence-electron chi connectivity index (χ1n) is 4.49. The van der Waals surface area contributed by atoms with E-state index in [1.165, 1.54) is 0 Å². The number of terminal acetylenes is 1. The summed E-state index contributed by atoms with van der Waals surface area (Å²) in [6.45, 7) is 0. The van der Waals surface area contributed by atoms with E-state index < -0.39 is 0 Å². The van der Waals surface area contributed by atoms with Crippen LogP contribution >= 0.6 is 0 Å². The van der Waals surface area contributed by atoms with E-state index in [1.807, 2.05) is 0 Å². The first-order chi connectivity index (χ1) is 7.26. The van der Waals surface area contributed by atoms with Crippen LogP contribution in [-0.4, -0.2) is 21.3 Å². The van der Waals surface area contributed by atoms with Gasteiger partial charge >= 0.3 is 0 Å². The van der Waals surface area contributed by atoms with Crippen molar-refractivity contribution in [1.29, 1.82) is 0 Å².